The molecule has 2 aromatic carbocycles. The zero-order valence-corrected chi connectivity index (χ0v) is 22.1. The lowest BCUT2D eigenvalue weighted by Crippen LogP contribution is -2.43. The first-order valence-corrected chi connectivity index (χ1v) is 13.7. The number of benzene rings is 2. The van der Waals surface area contributed by atoms with E-state index in [0.29, 0.717) is 17.9 Å². The Hall–Kier alpha value is -4.24. The van der Waals surface area contributed by atoms with Crippen molar-refractivity contribution in [1.82, 2.24) is 34.2 Å². The lowest BCUT2D eigenvalue weighted by atomic mass is 9.89. The van der Waals surface area contributed by atoms with E-state index >= 15 is 0 Å². The predicted molar refractivity (Wildman–Crippen MR) is 150 cm³/mol. The van der Waals surface area contributed by atoms with Crippen molar-refractivity contribution in [2.24, 2.45) is 0 Å². The van der Waals surface area contributed by atoms with Gasteiger partial charge in [0.05, 0.1) is 11.9 Å². The van der Waals surface area contributed by atoms with E-state index in [1.807, 2.05) is 49.4 Å². The lowest BCUT2D eigenvalue weighted by Gasteiger charge is -2.39. The minimum absolute atomic E-state index is 0.378. The Kier molecular flexibility index (Phi) is 6.00. The fourth-order valence-corrected chi connectivity index (χ4v) is 6.27. The first-order valence-electron chi connectivity index (χ1n) is 13.7. The number of aryl methyl sites for hydroxylation is 1. The van der Waals surface area contributed by atoms with Crippen molar-refractivity contribution >= 4 is 16.9 Å². The maximum Gasteiger partial charge on any atom is 0.147 e. The van der Waals surface area contributed by atoms with Gasteiger partial charge in [-0.15, -0.1) is 10.2 Å². The van der Waals surface area contributed by atoms with Gasteiger partial charge in [0.25, 0.3) is 0 Å². The molecule has 1 saturated carbocycles. The van der Waals surface area contributed by atoms with Gasteiger partial charge in [-0.2, -0.15) is 0 Å². The topological polar surface area (TPSA) is 99.9 Å². The maximum absolute atomic E-state index is 6.42. The van der Waals surface area contributed by atoms with E-state index in [-0.39, 0.29) is 0 Å². The summed E-state index contributed by atoms with van der Waals surface area (Å²) in [6.45, 7) is 4.97. The highest BCUT2D eigenvalue weighted by molar-refractivity contribution is 6.00. The standard InChI is InChI=1S/C30H32N8O/c1-20-34-35-27-18-36(15-16-37(20)27)22-9-11-23(12-10-22)38-17-26(28-29(31)32-19-33-30(28)38)21-7-13-25(14-8-21)39-24-5-3-2-4-6-24/h2-8,13-14,17,19,22-23H,9-12,15-16,18H2,1H3,(H2,31,32,33). The van der Waals surface area contributed by atoms with E-state index in [4.69, 9.17) is 15.5 Å². The van der Waals surface area contributed by atoms with Gasteiger partial charge in [0.1, 0.15) is 40.9 Å². The van der Waals surface area contributed by atoms with Crippen LogP contribution in [-0.2, 0) is 13.1 Å². The molecule has 7 rings (SSSR count). The number of hydrogen-bond donors (Lipinski definition) is 1. The molecular formula is C30H32N8O. The summed E-state index contributed by atoms with van der Waals surface area (Å²) < 4.78 is 10.6. The fraction of sp³-hybridized carbons (Fsp3) is 0.333. The van der Waals surface area contributed by atoms with Crippen LogP contribution >= 0.6 is 0 Å². The Morgan fingerprint density at radius 1 is 0.846 bits per heavy atom. The number of anilines is 1. The molecule has 9 heteroatoms. The van der Waals surface area contributed by atoms with Crippen LogP contribution in [0.15, 0.2) is 67.1 Å². The number of rotatable bonds is 5. The van der Waals surface area contributed by atoms with Gasteiger partial charge >= 0.3 is 0 Å². The van der Waals surface area contributed by atoms with Gasteiger partial charge in [0.15, 0.2) is 0 Å². The number of nitrogen functional groups attached to an aromatic ring is 1. The Bertz CT molecular complexity index is 1600. The monoisotopic (exact) mass is 520 g/mol. The van der Waals surface area contributed by atoms with E-state index in [0.717, 1.165) is 90.6 Å². The number of hydrogen-bond acceptors (Lipinski definition) is 7. The zero-order chi connectivity index (χ0) is 26.3. The second kappa shape index (κ2) is 9.81. The molecule has 1 aliphatic heterocycles. The van der Waals surface area contributed by atoms with Crippen molar-refractivity contribution in [2.45, 2.75) is 57.8 Å². The lowest BCUT2D eigenvalue weighted by molar-refractivity contribution is 0.107. The zero-order valence-electron chi connectivity index (χ0n) is 22.1. The van der Waals surface area contributed by atoms with Gasteiger partial charge in [-0.05, 0) is 62.4 Å². The molecule has 0 saturated heterocycles. The third-order valence-corrected chi connectivity index (χ3v) is 8.33. The van der Waals surface area contributed by atoms with Gasteiger partial charge in [-0.3, -0.25) is 4.90 Å². The molecule has 2 N–H and O–H groups in total. The van der Waals surface area contributed by atoms with Crippen molar-refractivity contribution in [2.75, 3.05) is 12.3 Å². The first kappa shape index (κ1) is 23.8. The summed E-state index contributed by atoms with van der Waals surface area (Å²) in [7, 11) is 0. The van der Waals surface area contributed by atoms with Gasteiger partial charge < -0.3 is 19.6 Å². The third-order valence-electron chi connectivity index (χ3n) is 8.33. The minimum atomic E-state index is 0.378. The molecule has 9 nitrogen and oxygen atoms in total. The molecule has 39 heavy (non-hydrogen) atoms. The largest absolute Gasteiger partial charge is 0.457 e. The smallest absolute Gasteiger partial charge is 0.147 e. The number of nitrogens with zero attached hydrogens (tertiary/aromatic N) is 7. The van der Waals surface area contributed by atoms with Crippen molar-refractivity contribution < 1.29 is 4.74 Å². The van der Waals surface area contributed by atoms with E-state index in [9.17, 15) is 0 Å². The highest BCUT2D eigenvalue weighted by Crippen LogP contribution is 2.39. The third kappa shape index (κ3) is 4.42. The molecule has 0 radical (unpaired) electrons. The van der Waals surface area contributed by atoms with Crippen LogP contribution in [0.2, 0.25) is 0 Å². The highest BCUT2D eigenvalue weighted by Gasteiger charge is 2.31. The van der Waals surface area contributed by atoms with Crippen LogP contribution in [-0.4, -0.2) is 46.8 Å². The van der Waals surface area contributed by atoms with Crippen LogP contribution in [0.4, 0.5) is 5.82 Å². The van der Waals surface area contributed by atoms with Crippen LogP contribution in [0, 0.1) is 6.92 Å². The Labute approximate surface area is 227 Å². The van der Waals surface area contributed by atoms with Crippen molar-refractivity contribution in [3.05, 3.63) is 78.8 Å². The fourth-order valence-electron chi connectivity index (χ4n) is 6.27. The number of nitrogens with two attached hydrogens (primary N) is 1. The summed E-state index contributed by atoms with van der Waals surface area (Å²) in [5, 5.41) is 9.59. The molecule has 5 aromatic rings. The van der Waals surface area contributed by atoms with Crippen molar-refractivity contribution in [3.63, 3.8) is 0 Å². The summed E-state index contributed by atoms with van der Waals surface area (Å²) in [6.07, 6.45) is 8.30. The minimum Gasteiger partial charge on any atom is -0.457 e. The average molecular weight is 521 g/mol. The molecule has 0 bridgehead atoms. The Morgan fingerprint density at radius 3 is 2.38 bits per heavy atom. The normalized spacial score (nSPS) is 19.7. The molecule has 198 valence electrons. The molecule has 1 fully saturated rings. The van der Waals surface area contributed by atoms with Crippen LogP contribution in [0.5, 0.6) is 11.5 Å². The predicted octanol–water partition coefficient (Wildman–Crippen LogP) is 5.37. The number of fused-ring (bicyclic) bond motifs is 2. The molecule has 0 spiro atoms. The van der Waals surface area contributed by atoms with Crippen molar-refractivity contribution in [3.8, 4) is 22.6 Å². The molecule has 4 heterocycles. The Morgan fingerprint density at radius 2 is 1.59 bits per heavy atom. The summed E-state index contributed by atoms with van der Waals surface area (Å²) in [5.74, 6) is 4.23. The second-order valence-corrected chi connectivity index (χ2v) is 10.6. The molecular weight excluding hydrogens is 488 g/mol. The Balaban J connectivity index is 1.11. The molecule has 0 amide bonds. The first-order chi connectivity index (χ1) is 19.1. The number of aromatic nitrogens is 6. The van der Waals surface area contributed by atoms with Crippen LogP contribution in [0.1, 0.15) is 43.4 Å². The van der Waals surface area contributed by atoms with Crippen LogP contribution < -0.4 is 10.5 Å². The van der Waals surface area contributed by atoms with Crippen LogP contribution in [0.25, 0.3) is 22.2 Å². The number of ether oxygens (including phenoxy) is 1. The van der Waals surface area contributed by atoms with E-state index in [2.05, 4.69) is 47.5 Å². The summed E-state index contributed by atoms with van der Waals surface area (Å²) in [4.78, 5) is 11.6. The summed E-state index contributed by atoms with van der Waals surface area (Å²) in [6, 6.07) is 18.9. The average Bonchev–Trinajstić information content (AvgIpc) is 3.55. The van der Waals surface area contributed by atoms with Crippen molar-refractivity contribution in [1.29, 1.82) is 0 Å². The quantitative estimate of drug-likeness (QED) is 0.332. The van der Waals surface area contributed by atoms with Gasteiger partial charge in [0, 0.05) is 36.9 Å². The molecule has 0 unspecified atom stereocenters. The maximum atomic E-state index is 6.42. The molecule has 3 aromatic heterocycles. The van der Waals surface area contributed by atoms with E-state index < -0.39 is 0 Å². The molecule has 0 atom stereocenters. The summed E-state index contributed by atoms with van der Waals surface area (Å²) in [5.41, 5.74) is 9.46. The number of para-hydroxylation sites is 1. The van der Waals surface area contributed by atoms with E-state index in [1.165, 1.54) is 0 Å². The van der Waals surface area contributed by atoms with Gasteiger partial charge in [-0.1, -0.05) is 30.3 Å². The second-order valence-electron chi connectivity index (χ2n) is 10.6. The molecule has 2 aliphatic rings. The molecule has 1 aliphatic carbocycles. The van der Waals surface area contributed by atoms with E-state index in [1.54, 1.807) is 6.33 Å². The SMILES string of the molecule is Cc1nnc2n1CCN(C1CCC(n3cc(-c4ccc(Oc5ccccc5)cc4)c4c(N)ncnc43)CC1)C2. The highest BCUT2D eigenvalue weighted by atomic mass is 16.5. The van der Waals surface area contributed by atoms with Gasteiger partial charge in [0.2, 0.25) is 0 Å². The van der Waals surface area contributed by atoms with Crippen LogP contribution in [0.3, 0.4) is 0 Å². The summed E-state index contributed by atoms with van der Waals surface area (Å²) >= 11 is 0. The van der Waals surface area contributed by atoms with Gasteiger partial charge in [-0.25, -0.2) is 9.97 Å².